The van der Waals surface area contributed by atoms with E-state index >= 15 is 0 Å². The molecule has 0 saturated carbocycles. The van der Waals surface area contributed by atoms with E-state index in [4.69, 9.17) is 5.73 Å². The van der Waals surface area contributed by atoms with Gasteiger partial charge in [0.2, 0.25) is 0 Å². The van der Waals surface area contributed by atoms with Crippen molar-refractivity contribution in [1.82, 2.24) is 9.80 Å². The van der Waals surface area contributed by atoms with E-state index in [1.807, 2.05) is 0 Å². The Morgan fingerprint density at radius 2 is 2.00 bits per heavy atom. The van der Waals surface area contributed by atoms with E-state index in [1.54, 1.807) is 0 Å². The van der Waals surface area contributed by atoms with Gasteiger partial charge in [-0.05, 0) is 47.7 Å². The highest BCUT2D eigenvalue weighted by atomic mass is 15.3. The Morgan fingerprint density at radius 3 is 2.47 bits per heavy atom. The van der Waals surface area contributed by atoms with E-state index in [1.165, 1.54) is 13.0 Å². The first-order valence-corrected chi connectivity index (χ1v) is 6.05. The fraction of sp³-hybridized carbons (Fsp3) is 1.00. The number of hydrogen-bond acceptors (Lipinski definition) is 3. The van der Waals surface area contributed by atoms with Crippen LogP contribution in [0.15, 0.2) is 0 Å². The summed E-state index contributed by atoms with van der Waals surface area (Å²) in [5.41, 5.74) is 6.18. The van der Waals surface area contributed by atoms with Crippen LogP contribution in [0.4, 0.5) is 0 Å². The van der Waals surface area contributed by atoms with Gasteiger partial charge in [-0.15, -0.1) is 0 Å². The molecule has 3 nitrogen and oxygen atoms in total. The smallest absolute Gasteiger partial charge is 0.0353 e. The van der Waals surface area contributed by atoms with Crippen molar-refractivity contribution in [3.63, 3.8) is 0 Å². The zero-order valence-corrected chi connectivity index (χ0v) is 11.0. The van der Waals surface area contributed by atoms with E-state index in [2.05, 4.69) is 44.5 Å². The second kappa shape index (κ2) is 4.81. The van der Waals surface area contributed by atoms with Gasteiger partial charge in [0.15, 0.2) is 0 Å². The van der Waals surface area contributed by atoms with Crippen LogP contribution in [0.3, 0.4) is 0 Å². The van der Waals surface area contributed by atoms with Crippen molar-refractivity contribution in [2.24, 2.45) is 5.73 Å². The van der Waals surface area contributed by atoms with Crippen LogP contribution >= 0.6 is 0 Å². The lowest BCUT2D eigenvalue weighted by atomic mass is 9.95. The van der Waals surface area contributed by atoms with E-state index in [0.717, 1.165) is 13.1 Å². The summed E-state index contributed by atoms with van der Waals surface area (Å²) in [6, 6.07) is 1.06. The highest BCUT2D eigenvalue weighted by Crippen LogP contribution is 2.27. The van der Waals surface area contributed by atoms with E-state index in [-0.39, 0.29) is 5.54 Å². The Bertz CT molecular complexity index is 201. The Morgan fingerprint density at radius 1 is 1.40 bits per heavy atom. The Balaban J connectivity index is 2.90. The third-order valence-corrected chi connectivity index (χ3v) is 3.55. The fourth-order valence-corrected chi connectivity index (χ4v) is 2.94. The minimum absolute atomic E-state index is 0.267. The lowest BCUT2D eigenvalue weighted by molar-refractivity contribution is 0.0462. The molecule has 0 bridgehead atoms. The van der Waals surface area contributed by atoms with Gasteiger partial charge in [-0.1, -0.05) is 0 Å². The molecule has 1 aliphatic heterocycles. The van der Waals surface area contributed by atoms with Gasteiger partial charge in [0.05, 0.1) is 0 Å². The molecule has 1 saturated heterocycles. The first-order valence-electron chi connectivity index (χ1n) is 6.05. The van der Waals surface area contributed by atoms with Crippen LogP contribution in [0.1, 0.15) is 34.1 Å². The standard InChI is InChI=1S/C12H27N3/c1-10(2)15-11(8-13)9-14(5)7-6-12(15,3)4/h10-11H,6-9,13H2,1-5H3. The Labute approximate surface area is 94.6 Å². The van der Waals surface area contributed by atoms with Crippen LogP contribution in [0.25, 0.3) is 0 Å². The third-order valence-electron chi connectivity index (χ3n) is 3.55. The average Bonchev–Trinajstić information content (AvgIpc) is 2.23. The van der Waals surface area contributed by atoms with E-state index in [0.29, 0.717) is 12.1 Å². The Kier molecular flexibility index (Phi) is 4.15. The molecule has 1 fully saturated rings. The molecule has 0 amide bonds. The number of likely N-dealkylation sites (N-methyl/N-ethyl adjacent to an activating group) is 1. The molecule has 15 heavy (non-hydrogen) atoms. The molecule has 0 aromatic carbocycles. The molecule has 0 aromatic heterocycles. The predicted molar refractivity (Wildman–Crippen MR) is 66.0 cm³/mol. The summed E-state index contributed by atoms with van der Waals surface area (Å²) < 4.78 is 0. The van der Waals surface area contributed by atoms with E-state index < -0.39 is 0 Å². The summed E-state index contributed by atoms with van der Waals surface area (Å²) in [5.74, 6) is 0. The molecule has 1 rings (SSSR count). The summed E-state index contributed by atoms with van der Waals surface area (Å²) >= 11 is 0. The molecule has 1 aliphatic rings. The normalized spacial score (nSPS) is 29.4. The Hall–Kier alpha value is -0.120. The van der Waals surface area contributed by atoms with Crippen molar-refractivity contribution in [2.45, 2.75) is 51.7 Å². The van der Waals surface area contributed by atoms with Gasteiger partial charge < -0.3 is 10.6 Å². The van der Waals surface area contributed by atoms with Gasteiger partial charge in [-0.25, -0.2) is 0 Å². The molecule has 1 heterocycles. The summed E-state index contributed by atoms with van der Waals surface area (Å²) in [7, 11) is 2.20. The van der Waals surface area contributed by atoms with Gasteiger partial charge in [-0.3, -0.25) is 4.90 Å². The molecule has 2 N–H and O–H groups in total. The highest BCUT2D eigenvalue weighted by Gasteiger charge is 2.36. The molecule has 90 valence electrons. The van der Waals surface area contributed by atoms with Crippen molar-refractivity contribution >= 4 is 0 Å². The van der Waals surface area contributed by atoms with Crippen molar-refractivity contribution in [3.05, 3.63) is 0 Å². The maximum Gasteiger partial charge on any atom is 0.0353 e. The second-order valence-electron chi connectivity index (χ2n) is 5.72. The SMILES string of the molecule is CC(C)N1C(CN)CN(C)CCC1(C)C. The summed E-state index contributed by atoms with van der Waals surface area (Å²) in [4.78, 5) is 5.00. The first-order chi connectivity index (χ1) is 6.88. The summed E-state index contributed by atoms with van der Waals surface area (Å²) in [6.07, 6.45) is 1.22. The summed E-state index contributed by atoms with van der Waals surface area (Å²) in [6.45, 7) is 12.3. The van der Waals surface area contributed by atoms with Crippen LogP contribution < -0.4 is 5.73 Å². The topological polar surface area (TPSA) is 32.5 Å². The maximum atomic E-state index is 5.92. The van der Waals surface area contributed by atoms with Crippen LogP contribution in [0.5, 0.6) is 0 Å². The van der Waals surface area contributed by atoms with Crippen LogP contribution in [-0.4, -0.2) is 54.1 Å². The van der Waals surface area contributed by atoms with Gasteiger partial charge >= 0.3 is 0 Å². The van der Waals surface area contributed by atoms with Gasteiger partial charge in [-0.2, -0.15) is 0 Å². The highest BCUT2D eigenvalue weighted by molar-refractivity contribution is 4.93. The van der Waals surface area contributed by atoms with Crippen LogP contribution in [0.2, 0.25) is 0 Å². The minimum Gasteiger partial charge on any atom is -0.329 e. The van der Waals surface area contributed by atoms with Crippen molar-refractivity contribution < 1.29 is 0 Å². The molecule has 1 unspecified atom stereocenters. The molecule has 1 atom stereocenters. The number of hydrogen-bond donors (Lipinski definition) is 1. The first kappa shape index (κ1) is 12.9. The second-order valence-corrected chi connectivity index (χ2v) is 5.72. The number of rotatable bonds is 2. The third kappa shape index (κ3) is 2.92. The van der Waals surface area contributed by atoms with Gasteiger partial charge in [0, 0.05) is 30.7 Å². The van der Waals surface area contributed by atoms with Crippen LogP contribution in [0, 0.1) is 0 Å². The van der Waals surface area contributed by atoms with E-state index in [9.17, 15) is 0 Å². The zero-order valence-electron chi connectivity index (χ0n) is 11.0. The zero-order chi connectivity index (χ0) is 11.6. The van der Waals surface area contributed by atoms with Crippen molar-refractivity contribution in [2.75, 3.05) is 26.7 Å². The lowest BCUT2D eigenvalue weighted by Gasteiger charge is -2.44. The quantitative estimate of drug-likeness (QED) is 0.746. The maximum absolute atomic E-state index is 5.92. The molecule has 0 aromatic rings. The fourth-order valence-electron chi connectivity index (χ4n) is 2.94. The minimum atomic E-state index is 0.267. The molecular formula is C12H27N3. The molecular weight excluding hydrogens is 186 g/mol. The largest absolute Gasteiger partial charge is 0.329 e. The number of nitrogens with zero attached hydrogens (tertiary/aromatic N) is 2. The molecule has 0 radical (unpaired) electrons. The van der Waals surface area contributed by atoms with Crippen molar-refractivity contribution in [3.8, 4) is 0 Å². The number of nitrogens with two attached hydrogens (primary N) is 1. The van der Waals surface area contributed by atoms with Gasteiger partial charge in [0.1, 0.15) is 0 Å². The van der Waals surface area contributed by atoms with Crippen LogP contribution in [-0.2, 0) is 0 Å². The summed E-state index contributed by atoms with van der Waals surface area (Å²) in [5, 5.41) is 0. The monoisotopic (exact) mass is 213 g/mol. The molecule has 3 heteroatoms. The molecule has 0 aliphatic carbocycles. The average molecular weight is 213 g/mol. The van der Waals surface area contributed by atoms with Gasteiger partial charge in [0.25, 0.3) is 0 Å². The molecule has 0 spiro atoms. The van der Waals surface area contributed by atoms with Crippen molar-refractivity contribution in [1.29, 1.82) is 0 Å². The predicted octanol–water partition coefficient (Wildman–Crippen LogP) is 1.14. The lowest BCUT2D eigenvalue weighted by Crippen LogP contribution is -2.56.